The first kappa shape index (κ1) is 19.1. The molecule has 0 spiro atoms. The second kappa shape index (κ2) is 7.78. The SMILES string of the molecule is CC(C)C(O)C(C)(C)CNC(=O)Cc1ccn(-c2ccc(F)cc2)n1. The molecule has 1 amide bonds. The van der Waals surface area contributed by atoms with Crippen LogP contribution in [0.4, 0.5) is 4.39 Å². The number of carbonyl (C=O) groups excluding carboxylic acids is 1. The first-order valence-electron chi connectivity index (χ1n) is 8.44. The van der Waals surface area contributed by atoms with Crippen LogP contribution in [0.1, 0.15) is 33.4 Å². The minimum Gasteiger partial charge on any atom is -0.392 e. The number of aliphatic hydroxyl groups is 1. The van der Waals surface area contributed by atoms with Gasteiger partial charge in [-0.2, -0.15) is 5.10 Å². The summed E-state index contributed by atoms with van der Waals surface area (Å²) < 4.78 is 14.6. The average Bonchev–Trinajstić information content (AvgIpc) is 3.01. The molecule has 0 saturated carbocycles. The van der Waals surface area contributed by atoms with Gasteiger partial charge >= 0.3 is 0 Å². The van der Waals surface area contributed by atoms with E-state index < -0.39 is 11.5 Å². The number of aromatic nitrogens is 2. The van der Waals surface area contributed by atoms with E-state index in [4.69, 9.17) is 0 Å². The third-order valence-electron chi connectivity index (χ3n) is 4.25. The van der Waals surface area contributed by atoms with Gasteiger partial charge in [0.05, 0.1) is 23.9 Å². The van der Waals surface area contributed by atoms with E-state index in [0.29, 0.717) is 12.2 Å². The van der Waals surface area contributed by atoms with Gasteiger partial charge in [0.15, 0.2) is 0 Å². The molecule has 2 rings (SSSR count). The zero-order chi connectivity index (χ0) is 18.6. The van der Waals surface area contributed by atoms with Gasteiger partial charge in [-0.15, -0.1) is 0 Å². The molecule has 1 atom stereocenters. The van der Waals surface area contributed by atoms with E-state index in [1.807, 2.05) is 27.7 Å². The van der Waals surface area contributed by atoms with Crippen LogP contribution in [-0.4, -0.2) is 33.4 Å². The van der Waals surface area contributed by atoms with Crippen molar-refractivity contribution in [1.82, 2.24) is 15.1 Å². The highest BCUT2D eigenvalue weighted by Gasteiger charge is 2.30. The Balaban J connectivity index is 1.92. The number of halogens is 1. The molecule has 0 aliphatic rings. The predicted octanol–water partition coefficient (Wildman–Crippen LogP) is 2.71. The number of hydrogen-bond acceptors (Lipinski definition) is 3. The number of carbonyl (C=O) groups is 1. The summed E-state index contributed by atoms with van der Waals surface area (Å²) in [6, 6.07) is 7.75. The van der Waals surface area contributed by atoms with Crippen LogP contribution in [0.15, 0.2) is 36.5 Å². The molecule has 1 unspecified atom stereocenters. The van der Waals surface area contributed by atoms with E-state index in [1.165, 1.54) is 12.1 Å². The van der Waals surface area contributed by atoms with Gasteiger partial charge < -0.3 is 10.4 Å². The average molecular weight is 347 g/mol. The Hall–Kier alpha value is -2.21. The normalized spacial score (nSPS) is 13.1. The molecule has 136 valence electrons. The molecule has 0 fully saturated rings. The van der Waals surface area contributed by atoms with Gasteiger partial charge in [0, 0.05) is 18.2 Å². The molecule has 1 aromatic carbocycles. The first-order chi connectivity index (χ1) is 11.7. The van der Waals surface area contributed by atoms with E-state index in [-0.39, 0.29) is 24.1 Å². The second-order valence-corrected chi connectivity index (χ2v) is 7.36. The Morgan fingerprint density at radius 2 is 1.92 bits per heavy atom. The zero-order valence-corrected chi connectivity index (χ0v) is 15.2. The number of rotatable bonds is 7. The van der Waals surface area contributed by atoms with Crippen molar-refractivity contribution < 1.29 is 14.3 Å². The van der Waals surface area contributed by atoms with Gasteiger partial charge in [0.1, 0.15) is 5.82 Å². The van der Waals surface area contributed by atoms with Crippen LogP contribution in [0.3, 0.4) is 0 Å². The lowest BCUT2D eigenvalue weighted by Crippen LogP contribution is -2.44. The van der Waals surface area contributed by atoms with Gasteiger partial charge in [-0.05, 0) is 36.2 Å². The highest BCUT2D eigenvalue weighted by molar-refractivity contribution is 5.78. The summed E-state index contributed by atoms with van der Waals surface area (Å²) in [4.78, 5) is 12.2. The molecule has 0 saturated heterocycles. The van der Waals surface area contributed by atoms with Crippen LogP contribution in [0.25, 0.3) is 5.69 Å². The van der Waals surface area contributed by atoms with E-state index in [0.717, 1.165) is 5.69 Å². The summed E-state index contributed by atoms with van der Waals surface area (Å²) in [6.45, 7) is 8.17. The monoisotopic (exact) mass is 347 g/mol. The molecule has 0 bridgehead atoms. The van der Waals surface area contributed by atoms with Crippen LogP contribution in [-0.2, 0) is 11.2 Å². The fourth-order valence-corrected chi connectivity index (χ4v) is 2.75. The lowest BCUT2D eigenvalue weighted by Gasteiger charge is -2.33. The van der Waals surface area contributed by atoms with E-state index >= 15 is 0 Å². The second-order valence-electron chi connectivity index (χ2n) is 7.36. The van der Waals surface area contributed by atoms with Crippen LogP contribution in [0.5, 0.6) is 0 Å². The molecule has 1 aromatic heterocycles. The van der Waals surface area contributed by atoms with Gasteiger partial charge in [-0.3, -0.25) is 4.79 Å². The number of benzene rings is 1. The van der Waals surface area contributed by atoms with Crippen LogP contribution in [0, 0.1) is 17.2 Å². The Labute approximate surface area is 147 Å². The minimum atomic E-state index is -0.495. The fraction of sp³-hybridized carbons (Fsp3) is 0.474. The van der Waals surface area contributed by atoms with E-state index in [2.05, 4.69) is 10.4 Å². The Bertz CT molecular complexity index is 708. The van der Waals surface area contributed by atoms with Crippen molar-refractivity contribution in [3.05, 3.63) is 48.0 Å². The Kier molecular flexibility index (Phi) is 5.95. The molecule has 2 N–H and O–H groups in total. The molecule has 25 heavy (non-hydrogen) atoms. The standard InChI is InChI=1S/C19H26FN3O2/c1-13(2)18(25)19(3,4)12-21-17(24)11-15-9-10-23(22-15)16-7-5-14(20)6-8-16/h5-10,13,18,25H,11-12H2,1-4H3,(H,21,24). The number of hydrogen-bond donors (Lipinski definition) is 2. The van der Waals surface area contributed by atoms with Crippen molar-refractivity contribution in [1.29, 1.82) is 0 Å². The van der Waals surface area contributed by atoms with E-state index in [1.54, 1.807) is 29.1 Å². The number of nitrogens with one attached hydrogen (secondary N) is 1. The quantitative estimate of drug-likeness (QED) is 0.809. The third-order valence-corrected chi connectivity index (χ3v) is 4.25. The van der Waals surface area contributed by atoms with Gasteiger partial charge in [-0.1, -0.05) is 27.7 Å². The summed E-state index contributed by atoms with van der Waals surface area (Å²) in [5.74, 6) is -0.326. The maximum absolute atomic E-state index is 13.0. The highest BCUT2D eigenvalue weighted by atomic mass is 19.1. The predicted molar refractivity (Wildman–Crippen MR) is 94.9 cm³/mol. The number of nitrogens with zero attached hydrogens (tertiary/aromatic N) is 2. The molecular formula is C19H26FN3O2. The van der Waals surface area contributed by atoms with Crippen molar-refractivity contribution in [3.63, 3.8) is 0 Å². The molecule has 0 radical (unpaired) electrons. The zero-order valence-electron chi connectivity index (χ0n) is 15.2. The lowest BCUT2D eigenvalue weighted by molar-refractivity contribution is -0.121. The summed E-state index contributed by atoms with van der Waals surface area (Å²) in [5, 5.41) is 17.4. The van der Waals surface area contributed by atoms with Crippen molar-refractivity contribution in [3.8, 4) is 5.69 Å². The molecular weight excluding hydrogens is 321 g/mol. The van der Waals surface area contributed by atoms with Crippen molar-refractivity contribution in [2.75, 3.05) is 6.54 Å². The fourth-order valence-electron chi connectivity index (χ4n) is 2.75. The smallest absolute Gasteiger partial charge is 0.226 e. The molecule has 2 aromatic rings. The molecule has 0 aliphatic heterocycles. The van der Waals surface area contributed by atoms with Gasteiger partial charge in [0.2, 0.25) is 5.91 Å². The van der Waals surface area contributed by atoms with Crippen molar-refractivity contribution in [2.45, 2.75) is 40.2 Å². The first-order valence-corrected chi connectivity index (χ1v) is 8.44. The molecule has 1 heterocycles. The van der Waals surface area contributed by atoms with Crippen molar-refractivity contribution in [2.24, 2.45) is 11.3 Å². The largest absolute Gasteiger partial charge is 0.392 e. The van der Waals surface area contributed by atoms with Crippen LogP contribution >= 0.6 is 0 Å². The maximum Gasteiger partial charge on any atom is 0.226 e. The topological polar surface area (TPSA) is 67.2 Å². The minimum absolute atomic E-state index is 0.123. The third kappa shape index (κ3) is 5.13. The van der Waals surface area contributed by atoms with E-state index in [9.17, 15) is 14.3 Å². The number of amides is 1. The lowest BCUT2D eigenvalue weighted by atomic mass is 9.80. The Morgan fingerprint density at radius 3 is 2.52 bits per heavy atom. The van der Waals surface area contributed by atoms with Crippen LogP contribution < -0.4 is 5.32 Å². The molecule has 0 aliphatic carbocycles. The summed E-state index contributed by atoms with van der Waals surface area (Å²) in [6.07, 6.45) is 1.40. The molecule has 5 nitrogen and oxygen atoms in total. The highest BCUT2D eigenvalue weighted by Crippen LogP contribution is 2.25. The maximum atomic E-state index is 13.0. The van der Waals surface area contributed by atoms with Gasteiger partial charge in [0.25, 0.3) is 0 Å². The van der Waals surface area contributed by atoms with Crippen LogP contribution in [0.2, 0.25) is 0 Å². The summed E-state index contributed by atoms with van der Waals surface area (Å²) >= 11 is 0. The summed E-state index contributed by atoms with van der Waals surface area (Å²) in [5.41, 5.74) is 0.954. The van der Waals surface area contributed by atoms with Gasteiger partial charge in [-0.25, -0.2) is 9.07 Å². The molecule has 6 heteroatoms. The summed E-state index contributed by atoms with van der Waals surface area (Å²) in [7, 11) is 0. The number of aliphatic hydroxyl groups excluding tert-OH is 1. The Morgan fingerprint density at radius 1 is 1.28 bits per heavy atom. The van der Waals surface area contributed by atoms with Crippen molar-refractivity contribution >= 4 is 5.91 Å².